The number of terminal acetylenes is 1. The van der Waals surface area contributed by atoms with Crippen LogP contribution in [-0.2, 0) is 4.79 Å². The maximum atomic E-state index is 12.0. The zero-order valence-corrected chi connectivity index (χ0v) is 14.1. The summed E-state index contributed by atoms with van der Waals surface area (Å²) in [5.41, 5.74) is 3.32. The molecule has 0 heterocycles. The van der Waals surface area contributed by atoms with E-state index in [1.807, 2.05) is 54.6 Å². The third kappa shape index (κ3) is 4.89. The third-order valence-corrected chi connectivity index (χ3v) is 3.60. The highest BCUT2D eigenvalue weighted by molar-refractivity contribution is 5.92. The summed E-state index contributed by atoms with van der Waals surface area (Å²) in [6.07, 6.45) is 5.35. The molecular formula is C22H18N2O2. The van der Waals surface area contributed by atoms with Gasteiger partial charge in [0.25, 0.3) is 5.91 Å². The van der Waals surface area contributed by atoms with E-state index in [2.05, 4.69) is 16.6 Å². The average molecular weight is 342 g/mol. The number of amides is 1. The van der Waals surface area contributed by atoms with Crippen LogP contribution >= 0.6 is 0 Å². The lowest BCUT2D eigenvalue weighted by Crippen LogP contribution is -2.20. The molecule has 0 aliphatic heterocycles. The van der Waals surface area contributed by atoms with Crippen LogP contribution in [0.3, 0.4) is 0 Å². The normalized spacial score (nSPS) is 9.81. The summed E-state index contributed by atoms with van der Waals surface area (Å²) in [4.78, 5) is 12.0. The number of hydrogen-bond acceptors (Lipinski definition) is 3. The van der Waals surface area contributed by atoms with Crippen molar-refractivity contribution in [2.24, 2.45) is 0 Å². The molecule has 4 heteroatoms. The van der Waals surface area contributed by atoms with E-state index in [1.54, 1.807) is 24.3 Å². The van der Waals surface area contributed by atoms with E-state index in [1.165, 1.54) is 0 Å². The Hall–Kier alpha value is -3.71. The fourth-order valence-corrected chi connectivity index (χ4v) is 2.36. The summed E-state index contributed by atoms with van der Waals surface area (Å²) in [6.45, 7) is -0.0776. The lowest BCUT2D eigenvalue weighted by atomic mass is 10.2. The number of nitrogens with one attached hydrogen (secondary N) is 2. The Morgan fingerprint density at radius 2 is 1.58 bits per heavy atom. The van der Waals surface area contributed by atoms with Gasteiger partial charge in [0.05, 0.1) is 0 Å². The zero-order valence-electron chi connectivity index (χ0n) is 14.1. The smallest absolute Gasteiger partial charge is 0.262 e. The SMILES string of the molecule is C#Cc1cccc(NC(=O)COc2ccc(Nc3ccccc3)cc2)c1. The predicted molar refractivity (Wildman–Crippen MR) is 105 cm³/mol. The van der Waals surface area contributed by atoms with Crippen molar-refractivity contribution in [3.8, 4) is 18.1 Å². The topological polar surface area (TPSA) is 50.4 Å². The van der Waals surface area contributed by atoms with Crippen LogP contribution in [0.25, 0.3) is 0 Å². The van der Waals surface area contributed by atoms with Crippen molar-refractivity contribution >= 4 is 23.0 Å². The summed E-state index contributed by atoms with van der Waals surface area (Å²) in [7, 11) is 0. The second-order valence-electron chi connectivity index (χ2n) is 5.58. The minimum atomic E-state index is -0.245. The van der Waals surface area contributed by atoms with E-state index in [0.717, 1.165) is 11.4 Å². The first-order valence-corrected chi connectivity index (χ1v) is 8.14. The van der Waals surface area contributed by atoms with Gasteiger partial charge in [-0.15, -0.1) is 6.42 Å². The van der Waals surface area contributed by atoms with Gasteiger partial charge in [-0.2, -0.15) is 0 Å². The molecule has 3 rings (SSSR count). The van der Waals surface area contributed by atoms with Gasteiger partial charge in [-0.1, -0.05) is 30.2 Å². The lowest BCUT2D eigenvalue weighted by Gasteiger charge is -2.09. The summed E-state index contributed by atoms with van der Waals surface area (Å²) in [5.74, 6) is 2.91. The summed E-state index contributed by atoms with van der Waals surface area (Å²) in [6, 6.07) is 24.4. The summed E-state index contributed by atoms with van der Waals surface area (Å²) >= 11 is 0. The van der Waals surface area contributed by atoms with Gasteiger partial charge in [-0.3, -0.25) is 4.79 Å². The van der Waals surface area contributed by atoms with Gasteiger partial charge in [0, 0.05) is 22.6 Å². The minimum absolute atomic E-state index is 0.0776. The molecule has 3 aromatic rings. The Morgan fingerprint density at radius 1 is 0.885 bits per heavy atom. The monoisotopic (exact) mass is 342 g/mol. The van der Waals surface area contributed by atoms with E-state index in [9.17, 15) is 4.79 Å². The number of carbonyl (C=O) groups excluding carboxylic acids is 1. The molecular weight excluding hydrogens is 324 g/mol. The van der Waals surface area contributed by atoms with Crippen molar-refractivity contribution in [3.63, 3.8) is 0 Å². The van der Waals surface area contributed by atoms with Crippen molar-refractivity contribution in [3.05, 3.63) is 84.4 Å². The summed E-state index contributed by atoms with van der Waals surface area (Å²) in [5, 5.41) is 6.05. The van der Waals surface area contributed by atoms with Gasteiger partial charge in [0.2, 0.25) is 0 Å². The first kappa shape index (κ1) is 17.1. The van der Waals surface area contributed by atoms with E-state index < -0.39 is 0 Å². The molecule has 0 aliphatic rings. The quantitative estimate of drug-likeness (QED) is 0.652. The molecule has 128 valence electrons. The number of ether oxygens (including phenoxy) is 1. The maximum Gasteiger partial charge on any atom is 0.262 e. The van der Waals surface area contributed by atoms with E-state index >= 15 is 0 Å². The van der Waals surface area contributed by atoms with Crippen LogP contribution in [0.1, 0.15) is 5.56 Å². The van der Waals surface area contributed by atoms with Crippen LogP contribution in [0.2, 0.25) is 0 Å². The Labute approximate surface area is 152 Å². The van der Waals surface area contributed by atoms with Gasteiger partial charge in [-0.05, 0) is 54.6 Å². The molecule has 1 amide bonds. The molecule has 0 bridgehead atoms. The van der Waals surface area contributed by atoms with Gasteiger partial charge >= 0.3 is 0 Å². The minimum Gasteiger partial charge on any atom is -0.484 e. The average Bonchev–Trinajstić information content (AvgIpc) is 2.68. The molecule has 0 aromatic heterocycles. The summed E-state index contributed by atoms with van der Waals surface area (Å²) < 4.78 is 5.52. The van der Waals surface area contributed by atoms with E-state index in [0.29, 0.717) is 17.0 Å². The maximum absolute atomic E-state index is 12.0. The fraction of sp³-hybridized carbons (Fsp3) is 0.0455. The first-order chi connectivity index (χ1) is 12.7. The second-order valence-corrected chi connectivity index (χ2v) is 5.58. The zero-order chi connectivity index (χ0) is 18.2. The van der Waals surface area contributed by atoms with Crippen molar-refractivity contribution in [1.29, 1.82) is 0 Å². The van der Waals surface area contributed by atoms with Crippen molar-refractivity contribution < 1.29 is 9.53 Å². The number of rotatable bonds is 6. The van der Waals surface area contributed by atoms with Gasteiger partial charge < -0.3 is 15.4 Å². The molecule has 2 N–H and O–H groups in total. The third-order valence-electron chi connectivity index (χ3n) is 3.60. The van der Waals surface area contributed by atoms with Crippen molar-refractivity contribution in [2.75, 3.05) is 17.2 Å². The van der Waals surface area contributed by atoms with Crippen LogP contribution in [0, 0.1) is 12.3 Å². The molecule has 0 atom stereocenters. The largest absolute Gasteiger partial charge is 0.484 e. The van der Waals surface area contributed by atoms with Gasteiger partial charge in [0.15, 0.2) is 6.61 Å². The highest BCUT2D eigenvalue weighted by atomic mass is 16.5. The second kappa shape index (κ2) is 8.41. The number of hydrogen-bond donors (Lipinski definition) is 2. The molecule has 0 spiro atoms. The Morgan fingerprint density at radius 3 is 2.31 bits per heavy atom. The molecule has 0 radical (unpaired) electrons. The van der Waals surface area contributed by atoms with E-state index in [-0.39, 0.29) is 12.5 Å². The lowest BCUT2D eigenvalue weighted by molar-refractivity contribution is -0.118. The number of anilines is 3. The van der Waals surface area contributed by atoms with Crippen LogP contribution in [0.5, 0.6) is 5.75 Å². The molecule has 0 saturated heterocycles. The molecule has 26 heavy (non-hydrogen) atoms. The number of carbonyl (C=O) groups is 1. The van der Waals surface area contributed by atoms with E-state index in [4.69, 9.17) is 11.2 Å². The number of para-hydroxylation sites is 1. The Kier molecular flexibility index (Phi) is 5.54. The van der Waals surface area contributed by atoms with Crippen LogP contribution in [-0.4, -0.2) is 12.5 Å². The Balaban J connectivity index is 1.51. The molecule has 0 unspecified atom stereocenters. The van der Waals surface area contributed by atoms with Crippen LogP contribution < -0.4 is 15.4 Å². The number of benzene rings is 3. The Bertz CT molecular complexity index is 913. The van der Waals surface area contributed by atoms with Crippen molar-refractivity contribution in [2.45, 2.75) is 0 Å². The van der Waals surface area contributed by atoms with Crippen LogP contribution in [0.15, 0.2) is 78.9 Å². The first-order valence-electron chi connectivity index (χ1n) is 8.14. The molecule has 0 fully saturated rings. The highest BCUT2D eigenvalue weighted by Gasteiger charge is 2.04. The van der Waals surface area contributed by atoms with Gasteiger partial charge in [-0.25, -0.2) is 0 Å². The van der Waals surface area contributed by atoms with Crippen molar-refractivity contribution in [1.82, 2.24) is 0 Å². The fourth-order valence-electron chi connectivity index (χ4n) is 2.36. The standard InChI is InChI=1S/C22H18N2O2/c1-2-17-7-6-10-20(15-17)24-22(25)16-26-21-13-11-19(12-14-21)23-18-8-4-3-5-9-18/h1,3-15,23H,16H2,(H,24,25). The van der Waals surface area contributed by atoms with Gasteiger partial charge in [0.1, 0.15) is 5.75 Å². The molecule has 3 aromatic carbocycles. The van der Waals surface area contributed by atoms with Crippen LogP contribution in [0.4, 0.5) is 17.1 Å². The molecule has 0 saturated carbocycles. The predicted octanol–water partition coefficient (Wildman–Crippen LogP) is 4.43. The molecule has 4 nitrogen and oxygen atoms in total. The molecule has 0 aliphatic carbocycles. The highest BCUT2D eigenvalue weighted by Crippen LogP contribution is 2.20.